The van der Waals surface area contributed by atoms with E-state index in [1.807, 2.05) is 32.9 Å². The molecule has 9 heteroatoms. The van der Waals surface area contributed by atoms with E-state index in [9.17, 15) is 9.59 Å². The summed E-state index contributed by atoms with van der Waals surface area (Å²) in [5.74, 6) is 1.91. The van der Waals surface area contributed by atoms with Crippen LogP contribution in [-0.4, -0.2) is 40.6 Å². The predicted octanol–water partition coefficient (Wildman–Crippen LogP) is 5.91. The molecular weight excluding hydrogens is 446 g/mol. The maximum absolute atomic E-state index is 12.8. The van der Waals surface area contributed by atoms with Crippen LogP contribution in [0, 0.1) is 5.92 Å². The summed E-state index contributed by atoms with van der Waals surface area (Å²) in [4.78, 5) is 31.1. The monoisotopic (exact) mass is 479 g/mol. The van der Waals surface area contributed by atoms with Crippen molar-refractivity contribution in [3.05, 3.63) is 30.0 Å². The summed E-state index contributed by atoms with van der Waals surface area (Å²) in [7, 11) is 0. The molecule has 3 heterocycles. The zero-order valence-electron chi connectivity index (χ0n) is 19.7. The fourth-order valence-corrected chi connectivity index (χ4v) is 5.11. The number of carbonyl (C=O) groups excluding carboxylic acids is 2. The Kier molecular flexibility index (Phi) is 7.60. The van der Waals surface area contributed by atoms with Crippen LogP contribution in [0.2, 0.25) is 0 Å². The third kappa shape index (κ3) is 7.00. The molecule has 0 radical (unpaired) electrons. The summed E-state index contributed by atoms with van der Waals surface area (Å²) in [6, 6.07) is 3.90. The smallest absolute Gasteiger partial charge is 0.410 e. The molecule has 0 unspecified atom stereocenters. The predicted molar refractivity (Wildman–Crippen MR) is 128 cm³/mol. The zero-order chi connectivity index (χ0) is 23.5. The Morgan fingerprint density at radius 2 is 2.03 bits per heavy atom. The fourth-order valence-electron chi connectivity index (χ4n) is 3.23. The minimum Gasteiger partial charge on any atom is -0.444 e. The highest BCUT2D eigenvalue weighted by Crippen LogP contribution is 2.34. The number of piperidine rings is 1. The standard InChI is InChI=1S/C23H33N3O4S2/c1-22(2,3)16-12-24-17(29-16)14-31-19-10-9-18(32-19)25-20(27)15-8-7-11-26(13-15)21(28)30-23(4,5)6/h9-10,12,15H,7-8,11,13-14H2,1-6H3,(H,25,27)/t15-/m1/s1. The first-order valence-electron chi connectivity index (χ1n) is 10.9. The van der Waals surface area contributed by atoms with Gasteiger partial charge in [-0.25, -0.2) is 9.78 Å². The van der Waals surface area contributed by atoms with E-state index in [1.165, 1.54) is 11.3 Å². The van der Waals surface area contributed by atoms with Crippen LogP contribution in [0.5, 0.6) is 0 Å². The van der Waals surface area contributed by atoms with Crippen LogP contribution >= 0.6 is 23.1 Å². The topological polar surface area (TPSA) is 84.7 Å². The molecule has 0 aliphatic carbocycles. The van der Waals surface area contributed by atoms with E-state index in [0.29, 0.717) is 24.7 Å². The maximum atomic E-state index is 12.8. The summed E-state index contributed by atoms with van der Waals surface area (Å²) in [6.45, 7) is 12.8. The number of oxazole rings is 1. The average Bonchev–Trinajstić information content (AvgIpc) is 3.34. The summed E-state index contributed by atoms with van der Waals surface area (Å²) in [5, 5.41) is 3.81. The third-order valence-electron chi connectivity index (χ3n) is 4.90. The second kappa shape index (κ2) is 9.87. The lowest BCUT2D eigenvalue weighted by atomic mass is 9.94. The number of thioether (sulfide) groups is 1. The average molecular weight is 480 g/mol. The van der Waals surface area contributed by atoms with Crippen LogP contribution in [0.3, 0.4) is 0 Å². The molecule has 1 aliphatic rings. The van der Waals surface area contributed by atoms with E-state index in [0.717, 1.165) is 27.8 Å². The lowest BCUT2D eigenvalue weighted by molar-refractivity contribution is -0.121. The van der Waals surface area contributed by atoms with Gasteiger partial charge in [0, 0.05) is 18.5 Å². The number of nitrogens with one attached hydrogen (secondary N) is 1. The van der Waals surface area contributed by atoms with Crippen molar-refractivity contribution in [2.24, 2.45) is 5.92 Å². The van der Waals surface area contributed by atoms with Crippen molar-refractivity contribution in [1.29, 1.82) is 0 Å². The molecule has 1 saturated heterocycles. The van der Waals surface area contributed by atoms with E-state index in [2.05, 4.69) is 31.1 Å². The Morgan fingerprint density at radius 3 is 2.69 bits per heavy atom. The molecular formula is C23H33N3O4S2. The minimum atomic E-state index is -0.545. The highest BCUT2D eigenvalue weighted by Gasteiger charge is 2.31. The Balaban J connectivity index is 1.50. The minimum absolute atomic E-state index is 0.0563. The highest BCUT2D eigenvalue weighted by atomic mass is 32.2. The number of rotatable bonds is 5. The highest BCUT2D eigenvalue weighted by molar-refractivity contribution is 8.00. The summed E-state index contributed by atoms with van der Waals surface area (Å²) >= 11 is 3.16. The summed E-state index contributed by atoms with van der Waals surface area (Å²) in [6.07, 6.45) is 2.99. The van der Waals surface area contributed by atoms with E-state index in [1.54, 1.807) is 22.9 Å². The number of amides is 2. The molecule has 0 bridgehead atoms. The van der Waals surface area contributed by atoms with Gasteiger partial charge in [-0.1, -0.05) is 20.8 Å². The molecule has 1 fully saturated rings. The van der Waals surface area contributed by atoms with Gasteiger partial charge in [0.1, 0.15) is 11.4 Å². The second-order valence-electron chi connectivity index (χ2n) is 10.0. The summed E-state index contributed by atoms with van der Waals surface area (Å²) < 4.78 is 12.4. The number of carbonyl (C=O) groups is 2. The Bertz CT molecular complexity index is 940. The molecule has 1 aliphatic heterocycles. The zero-order valence-corrected chi connectivity index (χ0v) is 21.3. The van der Waals surface area contributed by atoms with E-state index in [-0.39, 0.29) is 23.3 Å². The van der Waals surface area contributed by atoms with Crippen molar-refractivity contribution in [1.82, 2.24) is 9.88 Å². The second-order valence-corrected chi connectivity index (χ2v) is 12.4. The number of hydrogen-bond donors (Lipinski definition) is 1. The third-order valence-corrected chi connectivity index (χ3v) is 7.11. The molecule has 2 amide bonds. The van der Waals surface area contributed by atoms with Crippen LogP contribution in [0.4, 0.5) is 9.80 Å². The Hall–Kier alpha value is -2.00. The normalized spacial score (nSPS) is 17.3. The van der Waals surface area contributed by atoms with Gasteiger partial charge in [0.15, 0.2) is 0 Å². The number of likely N-dealkylation sites (tertiary alicyclic amines) is 1. The molecule has 2 aromatic heterocycles. The molecule has 32 heavy (non-hydrogen) atoms. The van der Waals surface area contributed by atoms with Crippen LogP contribution in [-0.2, 0) is 20.7 Å². The first-order valence-corrected chi connectivity index (χ1v) is 12.7. The van der Waals surface area contributed by atoms with Gasteiger partial charge in [0.05, 0.1) is 27.1 Å². The molecule has 1 atom stereocenters. The molecule has 0 aromatic carbocycles. The van der Waals surface area contributed by atoms with Crippen molar-refractivity contribution in [3.63, 3.8) is 0 Å². The van der Waals surface area contributed by atoms with Crippen molar-refractivity contribution in [2.75, 3.05) is 18.4 Å². The van der Waals surface area contributed by atoms with Gasteiger partial charge in [-0.05, 0) is 45.7 Å². The molecule has 176 valence electrons. The molecule has 7 nitrogen and oxygen atoms in total. The van der Waals surface area contributed by atoms with E-state index < -0.39 is 5.60 Å². The van der Waals surface area contributed by atoms with Crippen molar-refractivity contribution >= 4 is 40.1 Å². The van der Waals surface area contributed by atoms with Gasteiger partial charge >= 0.3 is 6.09 Å². The molecule has 0 spiro atoms. The van der Waals surface area contributed by atoms with Crippen LogP contribution in [0.25, 0.3) is 0 Å². The molecule has 0 saturated carbocycles. The van der Waals surface area contributed by atoms with Crippen molar-refractivity contribution in [3.8, 4) is 0 Å². The van der Waals surface area contributed by atoms with Gasteiger partial charge in [0.25, 0.3) is 0 Å². The SMILES string of the molecule is CC(C)(C)OC(=O)N1CCC[C@@H](C(=O)Nc2ccc(SCc3ncc(C(C)(C)C)o3)s2)C1. The first kappa shape index (κ1) is 24.6. The number of ether oxygens (including phenoxy) is 1. The van der Waals surface area contributed by atoms with Gasteiger partial charge in [-0.2, -0.15) is 0 Å². The van der Waals surface area contributed by atoms with Gasteiger partial charge < -0.3 is 19.4 Å². The van der Waals surface area contributed by atoms with Gasteiger partial charge in [-0.3, -0.25) is 4.79 Å². The van der Waals surface area contributed by atoms with E-state index in [4.69, 9.17) is 9.15 Å². The first-order chi connectivity index (χ1) is 14.9. The van der Waals surface area contributed by atoms with Crippen LogP contribution in [0.15, 0.2) is 27.0 Å². The van der Waals surface area contributed by atoms with Gasteiger partial charge in [-0.15, -0.1) is 23.1 Å². The molecule has 3 rings (SSSR count). The van der Waals surface area contributed by atoms with Crippen LogP contribution in [0.1, 0.15) is 66.0 Å². The number of anilines is 1. The van der Waals surface area contributed by atoms with Crippen molar-refractivity contribution < 1.29 is 18.7 Å². The lowest BCUT2D eigenvalue weighted by Crippen LogP contribution is -2.45. The van der Waals surface area contributed by atoms with Crippen molar-refractivity contribution in [2.45, 2.75) is 75.4 Å². The fraction of sp³-hybridized carbons (Fsp3) is 0.609. The number of thiophene rings is 1. The number of nitrogens with zero attached hydrogens (tertiary/aromatic N) is 2. The largest absolute Gasteiger partial charge is 0.444 e. The maximum Gasteiger partial charge on any atom is 0.410 e. The number of aromatic nitrogens is 1. The molecule has 2 aromatic rings. The lowest BCUT2D eigenvalue weighted by Gasteiger charge is -2.33. The molecule has 1 N–H and O–H groups in total. The van der Waals surface area contributed by atoms with Crippen LogP contribution < -0.4 is 5.32 Å². The Morgan fingerprint density at radius 1 is 1.28 bits per heavy atom. The van der Waals surface area contributed by atoms with E-state index >= 15 is 0 Å². The summed E-state index contributed by atoms with van der Waals surface area (Å²) in [5.41, 5.74) is -0.606. The number of hydrogen-bond acceptors (Lipinski definition) is 7. The quantitative estimate of drug-likeness (QED) is 0.537. The van der Waals surface area contributed by atoms with Gasteiger partial charge in [0.2, 0.25) is 11.8 Å². The Labute approximate surface area is 198 Å².